The van der Waals surface area contributed by atoms with Crippen molar-refractivity contribution < 1.29 is 29.9 Å². The number of nitro benzene ring substituents is 1. The first kappa shape index (κ1) is 11.2. The van der Waals surface area contributed by atoms with Gasteiger partial charge in [-0.2, -0.15) is 0 Å². The Kier molecular flexibility index (Phi) is 2.22. The zero-order chi connectivity index (χ0) is 12.8. The van der Waals surface area contributed by atoms with Crippen molar-refractivity contribution in [1.29, 1.82) is 0 Å². The second kappa shape index (κ2) is 3.36. The van der Waals surface area contributed by atoms with Crippen molar-refractivity contribution in [1.82, 2.24) is 4.97 Å². The van der Waals surface area contributed by atoms with E-state index < -0.39 is 38.6 Å². The van der Waals surface area contributed by atoms with Crippen LogP contribution in [0.2, 0.25) is 0 Å². The summed E-state index contributed by atoms with van der Waals surface area (Å²) in [5, 5.41) is 40.0. The van der Waals surface area contributed by atoms with E-state index in [1.54, 1.807) is 0 Å². The largest absolute Gasteiger partial charge is 0.553 e. The Morgan fingerprint density at radius 1 is 1.41 bits per heavy atom. The summed E-state index contributed by atoms with van der Waals surface area (Å²) in [6, 6.07) is 1.29. The Morgan fingerprint density at radius 3 is 2.41 bits per heavy atom. The van der Waals surface area contributed by atoms with Gasteiger partial charge in [0, 0.05) is 11.0 Å². The molecule has 10 heteroatoms. The van der Waals surface area contributed by atoms with Gasteiger partial charge in [0.1, 0.15) is 5.56 Å². The molecule has 17 heavy (non-hydrogen) atoms. The first-order valence-electron chi connectivity index (χ1n) is 4.08. The fourth-order valence-corrected chi connectivity index (χ4v) is 1.19. The summed E-state index contributed by atoms with van der Waals surface area (Å²) >= 11 is 0. The number of carboxylic acids is 1. The lowest BCUT2D eigenvalue weighted by molar-refractivity contribution is -0.384. The van der Waals surface area contributed by atoms with Gasteiger partial charge in [0.05, 0.1) is 21.0 Å². The van der Waals surface area contributed by atoms with E-state index in [4.69, 9.17) is 5.11 Å². The molecule has 0 radical (unpaired) electrons. The first-order valence-corrected chi connectivity index (χ1v) is 4.08. The van der Waals surface area contributed by atoms with Gasteiger partial charge < -0.3 is 15.4 Å². The normalized spacial score (nSPS) is 16.5. The number of hydrogen-bond donors (Lipinski definition) is 2. The van der Waals surface area contributed by atoms with E-state index in [0.717, 1.165) is 0 Å². The molecule has 0 aliphatic carbocycles. The Morgan fingerprint density at radius 2 is 2.00 bits per heavy atom. The molecule has 0 bridgehead atoms. The Bertz CT molecular complexity index is 523. The van der Waals surface area contributed by atoms with Crippen molar-refractivity contribution in [3.8, 4) is 5.75 Å². The van der Waals surface area contributed by atoms with Gasteiger partial charge in [0.15, 0.2) is 5.75 Å². The number of quaternary nitrogens is 1. The van der Waals surface area contributed by atoms with Crippen LogP contribution in [0.1, 0.15) is 10.4 Å². The van der Waals surface area contributed by atoms with Gasteiger partial charge in [-0.3, -0.25) is 10.1 Å². The van der Waals surface area contributed by atoms with E-state index in [1.807, 2.05) is 0 Å². The van der Waals surface area contributed by atoms with Crippen LogP contribution in [0.25, 0.3) is 0 Å². The third-order valence-electron chi connectivity index (χ3n) is 2.02. The van der Waals surface area contributed by atoms with Crippen molar-refractivity contribution in [3.63, 3.8) is 0 Å². The van der Waals surface area contributed by atoms with Crippen molar-refractivity contribution in [2.75, 3.05) is 0 Å². The number of aromatic hydroxyl groups is 1. The maximum Gasteiger partial charge on any atom is 0.339 e. The summed E-state index contributed by atoms with van der Waals surface area (Å²) in [4.78, 5) is 26.3. The maximum absolute atomic E-state index is 11.3. The summed E-state index contributed by atoms with van der Waals surface area (Å²) in [5.74, 6) is -2.57. The molecule has 0 amide bonds. The van der Waals surface area contributed by atoms with E-state index >= 15 is 0 Å². The minimum absolute atomic E-state index is 0.622. The zero-order valence-corrected chi connectivity index (χ0v) is 7.89. The fourth-order valence-electron chi connectivity index (χ4n) is 1.19. The summed E-state index contributed by atoms with van der Waals surface area (Å²) in [5.41, 5.74) is -2.18. The molecule has 0 saturated carbocycles. The van der Waals surface area contributed by atoms with Gasteiger partial charge in [0.2, 0.25) is 0 Å². The summed E-state index contributed by atoms with van der Waals surface area (Å²) in [7, 11) is 0. The highest BCUT2D eigenvalue weighted by molar-refractivity contribution is 5.94. The van der Waals surface area contributed by atoms with Crippen LogP contribution in [0.4, 0.5) is 11.4 Å². The molecule has 1 saturated heterocycles. The highest BCUT2D eigenvalue weighted by Gasteiger charge is 2.50. The zero-order valence-electron chi connectivity index (χ0n) is 7.89. The number of nitro groups is 1. The Labute approximate surface area is 92.0 Å². The number of rotatable bonds is 3. The maximum atomic E-state index is 11.3. The molecule has 2 N–H and O–H groups in total. The van der Waals surface area contributed by atoms with E-state index in [0.29, 0.717) is 12.1 Å². The van der Waals surface area contributed by atoms with Gasteiger partial charge in [0.25, 0.3) is 11.4 Å². The topological polar surface area (TPSA) is 149 Å². The average Bonchev–Trinajstić information content (AvgIpc) is 2.96. The first-order chi connectivity index (χ1) is 7.85. The van der Waals surface area contributed by atoms with Crippen molar-refractivity contribution >= 4 is 17.3 Å². The number of benzene rings is 1. The van der Waals surface area contributed by atoms with Crippen LogP contribution in [0.3, 0.4) is 0 Å². The molecule has 0 unspecified atom stereocenters. The van der Waals surface area contributed by atoms with Crippen LogP contribution >= 0.6 is 0 Å². The summed E-state index contributed by atoms with van der Waals surface area (Å²) < 4.78 is 0. The molecule has 1 aliphatic heterocycles. The van der Waals surface area contributed by atoms with Gasteiger partial charge in [-0.25, -0.2) is 4.79 Å². The highest BCUT2D eigenvalue weighted by atomic mass is 17.7. The number of non-ortho nitro benzene ring substituents is 1. The van der Waals surface area contributed by atoms with Crippen LogP contribution in [0.5, 0.6) is 5.75 Å². The molecule has 2 rings (SSSR count). The molecule has 1 aliphatic rings. The minimum atomic E-state index is -1.92. The van der Waals surface area contributed by atoms with Gasteiger partial charge >= 0.3 is 5.97 Å². The standard InChI is InChI=1S/C7H4N2O8/c10-6-4(7(11)12)1-3(8(13)14)2-5(6)9(15)16-17-9/h1-2,10H,(H,11,12). The van der Waals surface area contributed by atoms with E-state index in [-0.39, 0.29) is 0 Å². The number of nitrogens with zero attached hydrogens (tertiary/aromatic N) is 2. The number of carboxylic acid groups (broad SMARTS) is 1. The SMILES string of the molecule is O=C(O)c1cc([N+](=O)[O-])cc([N+]2([O-])OO2)c1O. The average molecular weight is 244 g/mol. The summed E-state index contributed by atoms with van der Waals surface area (Å²) in [6.45, 7) is 0. The van der Waals surface area contributed by atoms with Crippen molar-refractivity contribution in [3.05, 3.63) is 33.0 Å². The molecule has 1 aromatic rings. The van der Waals surface area contributed by atoms with Gasteiger partial charge in [-0.1, -0.05) is 0 Å². The number of carbonyl (C=O) groups is 1. The molecule has 90 valence electrons. The molecule has 0 aromatic heterocycles. The van der Waals surface area contributed by atoms with Gasteiger partial charge in [-0.15, -0.1) is 0 Å². The second-order valence-electron chi connectivity index (χ2n) is 3.07. The van der Waals surface area contributed by atoms with Crippen molar-refractivity contribution in [2.45, 2.75) is 0 Å². The van der Waals surface area contributed by atoms with E-state index in [9.17, 15) is 25.2 Å². The number of hydrogen-bond acceptors (Lipinski definition) is 7. The highest BCUT2D eigenvalue weighted by Crippen LogP contribution is 2.44. The van der Waals surface area contributed by atoms with Gasteiger partial charge in [-0.05, 0) is 0 Å². The molecule has 0 atom stereocenters. The predicted molar refractivity (Wildman–Crippen MR) is 49.1 cm³/mol. The predicted octanol–water partition coefficient (Wildman–Crippen LogP) is 0.595. The molecular weight excluding hydrogens is 240 g/mol. The van der Waals surface area contributed by atoms with Crippen molar-refractivity contribution in [2.24, 2.45) is 0 Å². The number of aromatic carboxylic acids is 1. The quantitative estimate of drug-likeness (QED) is 0.196. The Hall–Kier alpha value is -2.27. The van der Waals surface area contributed by atoms with Crippen LogP contribution in [-0.2, 0) is 9.98 Å². The summed E-state index contributed by atoms with van der Waals surface area (Å²) in [6.07, 6.45) is 0. The lowest BCUT2D eigenvalue weighted by Crippen LogP contribution is -2.15. The monoisotopic (exact) mass is 244 g/mol. The van der Waals surface area contributed by atoms with E-state index in [1.165, 1.54) is 0 Å². The fraction of sp³-hybridized carbons (Fsp3) is 0. The second-order valence-corrected chi connectivity index (χ2v) is 3.07. The van der Waals surface area contributed by atoms with E-state index in [2.05, 4.69) is 9.98 Å². The van der Waals surface area contributed by atoms with Crippen LogP contribution in [-0.4, -0.2) is 21.1 Å². The molecule has 1 heterocycles. The number of phenols is 1. The lowest BCUT2D eigenvalue weighted by Gasteiger charge is -2.08. The molecular formula is C7H4N2O8. The van der Waals surface area contributed by atoms with Crippen LogP contribution in [0.15, 0.2) is 12.1 Å². The smallest absolute Gasteiger partial charge is 0.339 e. The minimum Gasteiger partial charge on any atom is -0.553 e. The third kappa shape index (κ3) is 1.76. The molecule has 0 spiro atoms. The van der Waals surface area contributed by atoms with Crippen LogP contribution in [0, 0.1) is 15.3 Å². The molecule has 10 nitrogen and oxygen atoms in total. The third-order valence-corrected chi connectivity index (χ3v) is 2.02. The lowest BCUT2D eigenvalue weighted by atomic mass is 10.1. The van der Waals surface area contributed by atoms with Crippen LogP contribution < -0.4 is 4.97 Å². The molecule has 1 aromatic carbocycles. The molecule has 1 fully saturated rings. The Balaban J connectivity index is 2.66.